The molecule has 0 radical (unpaired) electrons. The van der Waals surface area contributed by atoms with Gasteiger partial charge in [0.15, 0.2) is 11.5 Å². The minimum Gasteiger partial charge on any atom is -0.493 e. The summed E-state index contributed by atoms with van der Waals surface area (Å²) in [6.45, 7) is 0. The third-order valence-corrected chi connectivity index (χ3v) is 6.11. The normalized spacial score (nSPS) is 19.2. The molecule has 2 atom stereocenters. The molecular formula is C24H20Cl2N2O3. The first-order valence-corrected chi connectivity index (χ1v) is 10.6. The van der Waals surface area contributed by atoms with E-state index in [-0.39, 0.29) is 6.04 Å². The second-order valence-electron chi connectivity index (χ2n) is 7.42. The van der Waals surface area contributed by atoms with Gasteiger partial charge in [-0.15, -0.1) is 0 Å². The molecule has 0 amide bonds. The van der Waals surface area contributed by atoms with Crippen molar-refractivity contribution in [2.75, 3.05) is 14.2 Å². The van der Waals surface area contributed by atoms with Gasteiger partial charge in [-0.3, -0.25) is 0 Å². The lowest BCUT2D eigenvalue weighted by Gasteiger charge is -2.38. The molecule has 158 valence electrons. The molecule has 31 heavy (non-hydrogen) atoms. The van der Waals surface area contributed by atoms with Crippen molar-refractivity contribution in [1.29, 1.82) is 0 Å². The first-order chi connectivity index (χ1) is 15.1. The molecule has 0 unspecified atom stereocenters. The van der Waals surface area contributed by atoms with Gasteiger partial charge in [-0.25, -0.2) is 5.01 Å². The fourth-order valence-corrected chi connectivity index (χ4v) is 4.41. The van der Waals surface area contributed by atoms with Gasteiger partial charge in [-0.2, -0.15) is 5.10 Å². The van der Waals surface area contributed by atoms with E-state index in [1.165, 1.54) is 0 Å². The van der Waals surface area contributed by atoms with E-state index < -0.39 is 6.23 Å². The second-order valence-corrected chi connectivity index (χ2v) is 8.29. The molecule has 5 rings (SSSR count). The third-order valence-electron chi connectivity index (χ3n) is 5.62. The molecule has 0 saturated carbocycles. The van der Waals surface area contributed by atoms with E-state index in [2.05, 4.69) is 0 Å². The van der Waals surface area contributed by atoms with Gasteiger partial charge in [0.2, 0.25) is 6.23 Å². The van der Waals surface area contributed by atoms with Crippen LogP contribution in [0.4, 0.5) is 0 Å². The van der Waals surface area contributed by atoms with E-state index in [9.17, 15) is 0 Å². The summed E-state index contributed by atoms with van der Waals surface area (Å²) in [5.41, 5.74) is 3.96. The van der Waals surface area contributed by atoms with Crippen molar-refractivity contribution >= 4 is 28.9 Å². The lowest BCUT2D eigenvalue weighted by atomic mass is 9.96. The van der Waals surface area contributed by atoms with Gasteiger partial charge in [-0.05, 0) is 54.1 Å². The van der Waals surface area contributed by atoms with E-state index in [1.807, 2.05) is 65.7 Å². The third kappa shape index (κ3) is 3.58. The van der Waals surface area contributed by atoms with Crippen molar-refractivity contribution in [1.82, 2.24) is 5.01 Å². The smallest absolute Gasteiger partial charge is 0.214 e. The molecule has 0 bridgehead atoms. The molecule has 3 aromatic carbocycles. The van der Waals surface area contributed by atoms with Crippen LogP contribution in [0.5, 0.6) is 17.2 Å². The van der Waals surface area contributed by atoms with Crippen LogP contribution in [0.2, 0.25) is 10.0 Å². The number of methoxy groups -OCH3 is 2. The van der Waals surface area contributed by atoms with Crippen LogP contribution in [-0.4, -0.2) is 24.9 Å². The molecule has 0 saturated heterocycles. The van der Waals surface area contributed by atoms with Crippen LogP contribution in [0.25, 0.3) is 0 Å². The van der Waals surface area contributed by atoms with Crippen molar-refractivity contribution in [3.63, 3.8) is 0 Å². The predicted octanol–water partition coefficient (Wildman–Crippen LogP) is 6.25. The van der Waals surface area contributed by atoms with Crippen molar-refractivity contribution in [2.45, 2.75) is 18.7 Å². The fraction of sp³-hybridized carbons (Fsp3) is 0.208. The zero-order valence-corrected chi connectivity index (χ0v) is 18.5. The molecular weight excluding hydrogens is 435 g/mol. The maximum atomic E-state index is 6.41. The minimum atomic E-state index is -0.414. The number of halogens is 2. The number of hydrogen-bond acceptors (Lipinski definition) is 5. The molecule has 2 aliphatic heterocycles. The molecule has 0 spiro atoms. The summed E-state index contributed by atoms with van der Waals surface area (Å²) in [4.78, 5) is 0. The Morgan fingerprint density at radius 2 is 1.65 bits per heavy atom. The SMILES string of the molecule is COc1ccc([C@@H]2Oc3ccc(Cl)cc3[C@@H]3CC(c4ccc(Cl)cc4)=NN32)cc1OC. The highest BCUT2D eigenvalue weighted by Gasteiger charge is 2.41. The standard InChI is InChI=1S/C24H20Cl2N2O3/c1-29-22-9-5-15(11-23(22)30-2)24-28-20(18-12-17(26)8-10-21(18)31-24)13-19(27-28)14-3-6-16(25)7-4-14/h3-12,20,24H,13H2,1-2H3/t20-,24-/m0/s1. The highest BCUT2D eigenvalue weighted by Crippen LogP contribution is 2.49. The Bertz CT molecular complexity index is 1160. The minimum absolute atomic E-state index is 0.00576. The second kappa shape index (κ2) is 7.98. The number of fused-ring (bicyclic) bond motifs is 3. The van der Waals surface area contributed by atoms with Crippen LogP contribution in [0.3, 0.4) is 0 Å². The number of hydrogen-bond donors (Lipinski definition) is 0. The Morgan fingerprint density at radius 3 is 2.39 bits per heavy atom. The first kappa shape index (κ1) is 20.0. The molecule has 2 aliphatic rings. The van der Waals surface area contributed by atoms with Crippen LogP contribution < -0.4 is 14.2 Å². The zero-order valence-electron chi connectivity index (χ0n) is 17.0. The summed E-state index contributed by atoms with van der Waals surface area (Å²) in [6.07, 6.45) is 0.325. The van der Waals surface area contributed by atoms with E-state index in [0.29, 0.717) is 21.5 Å². The van der Waals surface area contributed by atoms with Crippen molar-refractivity contribution < 1.29 is 14.2 Å². The summed E-state index contributed by atoms with van der Waals surface area (Å²) in [6, 6.07) is 19.2. The molecule has 0 N–H and O–H groups in total. The summed E-state index contributed by atoms with van der Waals surface area (Å²) in [5, 5.41) is 8.34. The van der Waals surface area contributed by atoms with Crippen LogP contribution >= 0.6 is 23.2 Å². The largest absolute Gasteiger partial charge is 0.493 e. The topological polar surface area (TPSA) is 43.3 Å². The zero-order chi connectivity index (χ0) is 21.5. The maximum absolute atomic E-state index is 6.41. The molecule has 2 heterocycles. The van der Waals surface area contributed by atoms with E-state index >= 15 is 0 Å². The number of rotatable bonds is 4. The maximum Gasteiger partial charge on any atom is 0.214 e. The molecule has 3 aromatic rings. The summed E-state index contributed by atoms with van der Waals surface area (Å²) in [5.74, 6) is 2.11. The number of benzene rings is 3. The van der Waals surface area contributed by atoms with E-state index in [1.54, 1.807) is 14.2 Å². The first-order valence-electron chi connectivity index (χ1n) is 9.87. The Morgan fingerprint density at radius 1 is 0.903 bits per heavy atom. The Hall–Kier alpha value is -2.89. The van der Waals surface area contributed by atoms with Gasteiger partial charge in [0.05, 0.1) is 26.0 Å². The monoisotopic (exact) mass is 454 g/mol. The van der Waals surface area contributed by atoms with Gasteiger partial charge < -0.3 is 14.2 Å². The highest BCUT2D eigenvalue weighted by molar-refractivity contribution is 6.31. The average molecular weight is 455 g/mol. The van der Waals surface area contributed by atoms with Gasteiger partial charge in [0.1, 0.15) is 5.75 Å². The summed E-state index contributed by atoms with van der Waals surface area (Å²) >= 11 is 12.4. The Balaban J connectivity index is 1.60. The molecule has 0 fully saturated rings. The molecule has 5 nitrogen and oxygen atoms in total. The van der Waals surface area contributed by atoms with Crippen LogP contribution in [-0.2, 0) is 0 Å². The van der Waals surface area contributed by atoms with E-state index in [4.69, 9.17) is 42.5 Å². The van der Waals surface area contributed by atoms with E-state index in [0.717, 1.165) is 34.6 Å². The lowest BCUT2D eigenvalue weighted by Crippen LogP contribution is -2.33. The van der Waals surface area contributed by atoms with Crippen molar-refractivity contribution in [2.24, 2.45) is 5.10 Å². The van der Waals surface area contributed by atoms with Gasteiger partial charge in [0, 0.05) is 27.6 Å². The van der Waals surface area contributed by atoms with Crippen molar-refractivity contribution in [3.05, 3.63) is 87.4 Å². The Kier molecular flexibility index (Phi) is 5.16. The lowest BCUT2D eigenvalue weighted by molar-refractivity contribution is -0.0191. The summed E-state index contributed by atoms with van der Waals surface area (Å²) in [7, 11) is 3.24. The van der Waals surface area contributed by atoms with Gasteiger partial charge in [0.25, 0.3) is 0 Å². The van der Waals surface area contributed by atoms with Gasteiger partial charge in [-0.1, -0.05) is 35.3 Å². The highest BCUT2D eigenvalue weighted by atomic mass is 35.5. The van der Waals surface area contributed by atoms with Crippen LogP contribution in [0.1, 0.15) is 35.4 Å². The van der Waals surface area contributed by atoms with Crippen LogP contribution in [0, 0.1) is 0 Å². The van der Waals surface area contributed by atoms with Crippen LogP contribution in [0.15, 0.2) is 65.8 Å². The molecule has 7 heteroatoms. The average Bonchev–Trinajstić information content (AvgIpc) is 3.24. The predicted molar refractivity (Wildman–Crippen MR) is 122 cm³/mol. The summed E-state index contributed by atoms with van der Waals surface area (Å²) < 4.78 is 17.3. The fourth-order valence-electron chi connectivity index (χ4n) is 4.10. The van der Waals surface area contributed by atoms with Gasteiger partial charge >= 0.3 is 0 Å². The van der Waals surface area contributed by atoms with Crippen molar-refractivity contribution in [3.8, 4) is 17.2 Å². The number of ether oxygens (including phenoxy) is 3. The number of hydrazone groups is 1. The molecule has 0 aliphatic carbocycles. The number of nitrogens with zero attached hydrogens (tertiary/aromatic N) is 2. The molecule has 0 aromatic heterocycles. The Labute approximate surface area is 190 Å². The quantitative estimate of drug-likeness (QED) is 0.466.